The molecule has 0 saturated heterocycles. The summed E-state index contributed by atoms with van der Waals surface area (Å²) in [5, 5.41) is 7.47. The van der Waals surface area contributed by atoms with Crippen molar-refractivity contribution in [2.24, 2.45) is 31.8 Å². The molecule has 0 aromatic carbocycles. The van der Waals surface area contributed by atoms with E-state index in [1.807, 2.05) is 0 Å². The fourth-order valence-corrected chi connectivity index (χ4v) is 0.974. The summed E-state index contributed by atoms with van der Waals surface area (Å²) in [6.07, 6.45) is 1.17. The highest BCUT2D eigenvalue weighted by atomic mass is 15.4. The second-order valence-corrected chi connectivity index (χ2v) is 2.28. The van der Waals surface area contributed by atoms with Gasteiger partial charge in [0.1, 0.15) is 5.84 Å². The third kappa shape index (κ3) is 0.873. The maximum atomic E-state index is 5.57. The molecule has 5 N–H and O–H groups in total. The van der Waals surface area contributed by atoms with Crippen LogP contribution in [0, 0.1) is 0 Å². The van der Waals surface area contributed by atoms with E-state index in [1.54, 1.807) is 6.20 Å². The van der Waals surface area contributed by atoms with Crippen LogP contribution in [0.5, 0.6) is 0 Å². The molecule has 2 aliphatic heterocycles. The van der Waals surface area contributed by atoms with E-state index in [-0.39, 0.29) is 12.1 Å². The van der Waals surface area contributed by atoms with Crippen LogP contribution in [0.25, 0.3) is 0 Å². The van der Waals surface area contributed by atoms with Gasteiger partial charge >= 0.3 is 0 Å². The van der Waals surface area contributed by atoms with Gasteiger partial charge in [-0.05, 0) is 0 Å². The highest BCUT2D eigenvalue weighted by Crippen LogP contribution is 2.19. The molecule has 0 amide bonds. The molecule has 0 spiro atoms. The van der Waals surface area contributed by atoms with Crippen LogP contribution in [0.15, 0.2) is 32.0 Å². The molecule has 0 aromatic rings. The van der Waals surface area contributed by atoms with Crippen molar-refractivity contribution in [3.63, 3.8) is 0 Å². The first kappa shape index (κ1) is 6.92. The Labute approximate surface area is 67.9 Å². The van der Waals surface area contributed by atoms with E-state index in [4.69, 9.17) is 11.6 Å². The lowest BCUT2D eigenvalue weighted by molar-refractivity contribution is 0.804. The third-order valence-corrected chi connectivity index (χ3v) is 1.55. The average molecular weight is 165 g/mol. The Balaban J connectivity index is 2.38. The van der Waals surface area contributed by atoms with Gasteiger partial charge < -0.3 is 5.73 Å². The topological polar surface area (TPSA) is 114 Å². The summed E-state index contributed by atoms with van der Waals surface area (Å²) in [7, 11) is 0. The molecule has 2 rings (SSSR count). The van der Waals surface area contributed by atoms with Gasteiger partial charge in [-0.15, -0.1) is 0 Å². The molecule has 0 bridgehead atoms. The second-order valence-electron chi connectivity index (χ2n) is 2.28. The van der Waals surface area contributed by atoms with Crippen molar-refractivity contribution in [2.75, 3.05) is 0 Å². The molecule has 7 nitrogen and oxygen atoms in total. The van der Waals surface area contributed by atoms with Crippen LogP contribution in [0.2, 0.25) is 0 Å². The normalized spacial score (nSPS) is 25.8. The number of guanidine groups is 1. The van der Waals surface area contributed by atoms with Gasteiger partial charge in [-0.25, -0.2) is 10.8 Å². The Morgan fingerprint density at radius 1 is 1.50 bits per heavy atom. The minimum Gasteiger partial charge on any atom is -0.383 e. The van der Waals surface area contributed by atoms with Gasteiger partial charge in [-0.2, -0.15) is 15.2 Å². The summed E-state index contributed by atoms with van der Waals surface area (Å²) in [5.41, 5.74) is 8.59. The number of hydrogen-bond donors (Lipinski definition) is 3. The monoisotopic (exact) mass is 165 g/mol. The fourth-order valence-electron chi connectivity index (χ4n) is 0.974. The number of hydrazine groups is 1. The van der Waals surface area contributed by atoms with Gasteiger partial charge in [0.25, 0.3) is 0 Å². The zero-order valence-electron chi connectivity index (χ0n) is 6.10. The molecular weight excluding hydrogens is 158 g/mol. The summed E-state index contributed by atoms with van der Waals surface area (Å²) in [4.78, 5) is 7.86. The van der Waals surface area contributed by atoms with Crippen molar-refractivity contribution >= 4 is 11.8 Å². The highest BCUT2D eigenvalue weighted by molar-refractivity contribution is 6.07. The number of nitrogens with one attached hydrogen (secondary N) is 1. The number of nitrogens with zero attached hydrogens (tertiary/aromatic N) is 4. The Kier molecular flexibility index (Phi) is 1.37. The lowest BCUT2D eigenvalue weighted by atomic mass is 10.2. The van der Waals surface area contributed by atoms with Crippen LogP contribution in [0.3, 0.4) is 0 Å². The van der Waals surface area contributed by atoms with Crippen molar-refractivity contribution in [3.8, 4) is 0 Å². The largest absolute Gasteiger partial charge is 0.383 e. The molecule has 2 aliphatic rings. The van der Waals surface area contributed by atoms with E-state index >= 15 is 0 Å². The van der Waals surface area contributed by atoms with Crippen LogP contribution in [-0.4, -0.2) is 18.0 Å². The minimum absolute atomic E-state index is 0.274. The highest BCUT2D eigenvalue weighted by Gasteiger charge is 2.24. The number of azo groups is 1. The maximum absolute atomic E-state index is 5.57. The van der Waals surface area contributed by atoms with Crippen LogP contribution in [0.4, 0.5) is 0 Å². The quantitative estimate of drug-likeness (QED) is 0.311. The Bertz CT molecular complexity index is 323. The van der Waals surface area contributed by atoms with Crippen LogP contribution < -0.4 is 17.0 Å². The number of amidine groups is 1. The second kappa shape index (κ2) is 2.38. The van der Waals surface area contributed by atoms with Gasteiger partial charge in [-0.3, -0.25) is 5.43 Å². The molecule has 0 aliphatic carbocycles. The number of nitrogens with two attached hydrogens (primary N) is 2. The lowest BCUT2D eigenvalue weighted by Gasteiger charge is -2.12. The van der Waals surface area contributed by atoms with Gasteiger partial charge in [-0.1, -0.05) is 0 Å². The Morgan fingerprint density at radius 2 is 2.33 bits per heavy atom. The van der Waals surface area contributed by atoms with Crippen molar-refractivity contribution in [1.29, 1.82) is 0 Å². The summed E-state index contributed by atoms with van der Waals surface area (Å²) in [6, 6.07) is 0. The van der Waals surface area contributed by atoms with Crippen molar-refractivity contribution in [2.45, 2.75) is 6.17 Å². The van der Waals surface area contributed by atoms with Gasteiger partial charge in [0.05, 0.1) is 11.8 Å². The Hall–Kier alpha value is -1.76. The van der Waals surface area contributed by atoms with E-state index in [9.17, 15) is 0 Å². The van der Waals surface area contributed by atoms with Crippen molar-refractivity contribution in [1.82, 2.24) is 5.43 Å². The summed E-state index contributed by atoms with van der Waals surface area (Å²) in [5.74, 6) is 5.74. The predicted octanol–water partition coefficient (Wildman–Crippen LogP) is -1.15. The first-order chi connectivity index (χ1) is 5.81. The molecule has 0 saturated carbocycles. The van der Waals surface area contributed by atoms with Crippen LogP contribution in [-0.2, 0) is 0 Å². The van der Waals surface area contributed by atoms with E-state index < -0.39 is 0 Å². The number of fused-ring (bicyclic) bond motifs is 1. The zero-order valence-corrected chi connectivity index (χ0v) is 6.10. The van der Waals surface area contributed by atoms with Gasteiger partial charge in [0.15, 0.2) is 6.17 Å². The molecule has 7 heteroatoms. The maximum Gasteiger partial charge on any atom is 0.236 e. The minimum atomic E-state index is -0.367. The van der Waals surface area contributed by atoms with Gasteiger partial charge in [0, 0.05) is 0 Å². The third-order valence-electron chi connectivity index (χ3n) is 1.55. The fraction of sp³-hybridized carbons (Fsp3) is 0.200. The first-order valence-corrected chi connectivity index (χ1v) is 3.30. The molecule has 0 aromatic heterocycles. The Morgan fingerprint density at radius 3 is 3.08 bits per heavy atom. The number of hydrogen-bond acceptors (Lipinski definition) is 7. The molecule has 1 atom stereocenters. The van der Waals surface area contributed by atoms with Crippen LogP contribution in [0.1, 0.15) is 0 Å². The standard InChI is InChI=1S/C5H7N7/c6-3-2-1-8-12-4(2)10-5(9-3)11-7/h1,4H,7H2,(H3,6,9,10,11). The molecular formula is C5H7N7. The lowest BCUT2D eigenvalue weighted by Crippen LogP contribution is -2.36. The smallest absolute Gasteiger partial charge is 0.236 e. The molecule has 2 heterocycles. The molecule has 12 heavy (non-hydrogen) atoms. The van der Waals surface area contributed by atoms with E-state index in [0.29, 0.717) is 11.4 Å². The molecule has 1 unspecified atom stereocenters. The zero-order chi connectivity index (χ0) is 8.55. The first-order valence-electron chi connectivity index (χ1n) is 3.30. The van der Waals surface area contributed by atoms with Crippen molar-refractivity contribution in [3.05, 3.63) is 11.8 Å². The van der Waals surface area contributed by atoms with Crippen molar-refractivity contribution < 1.29 is 0 Å². The van der Waals surface area contributed by atoms with E-state index in [1.165, 1.54) is 0 Å². The summed E-state index contributed by atoms with van der Waals surface area (Å²) >= 11 is 0. The number of aliphatic imine (C=N–C) groups is 2. The SMILES string of the molecule is NNC1=NC2N=NC=C2C(N)=N1. The summed E-state index contributed by atoms with van der Waals surface area (Å²) < 4.78 is 0. The predicted molar refractivity (Wildman–Crippen MR) is 43.1 cm³/mol. The van der Waals surface area contributed by atoms with Crippen LogP contribution >= 0.6 is 0 Å². The molecule has 62 valence electrons. The average Bonchev–Trinajstić information content (AvgIpc) is 2.52. The molecule has 0 radical (unpaired) electrons. The van der Waals surface area contributed by atoms with Gasteiger partial charge in [0.2, 0.25) is 5.96 Å². The summed E-state index contributed by atoms with van der Waals surface area (Å²) in [6.45, 7) is 0. The van der Waals surface area contributed by atoms with E-state index in [0.717, 1.165) is 0 Å². The molecule has 0 fully saturated rings. The van der Waals surface area contributed by atoms with E-state index in [2.05, 4.69) is 25.6 Å². The number of rotatable bonds is 0.